The van der Waals surface area contributed by atoms with E-state index in [1.807, 2.05) is 25.5 Å². The molecule has 0 bridgehead atoms. The van der Waals surface area contributed by atoms with Gasteiger partial charge in [-0.3, -0.25) is 4.98 Å². The van der Waals surface area contributed by atoms with Gasteiger partial charge in [0.15, 0.2) is 0 Å². The molecule has 0 saturated carbocycles. The van der Waals surface area contributed by atoms with E-state index in [-0.39, 0.29) is 11.6 Å². The molecule has 1 unspecified atom stereocenters. The number of hydrogen-bond donors (Lipinski definition) is 1. The molecule has 17 heavy (non-hydrogen) atoms. The van der Waals surface area contributed by atoms with Crippen molar-refractivity contribution < 1.29 is 0 Å². The number of rotatable bonds is 2. The molecule has 0 aliphatic rings. The molecule has 2 aromatic rings. The monoisotopic (exact) mass is 232 g/mol. The van der Waals surface area contributed by atoms with Gasteiger partial charge in [0.1, 0.15) is 11.3 Å². The molecule has 0 aliphatic heterocycles. The summed E-state index contributed by atoms with van der Waals surface area (Å²) in [6.07, 6.45) is 3.64. The number of imidazole rings is 1. The Hall–Kier alpha value is -1.42. The summed E-state index contributed by atoms with van der Waals surface area (Å²) in [6, 6.07) is 2.25. The molecule has 2 rings (SSSR count). The van der Waals surface area contributed by atoms with Crippen molar-refractivity contribution in [2.45, 2.75) is 39.3 Å². The van der Waals surface area contributed by atoms with Crippen molar-refractivity contribution in [1.82, 2.24) is 19.9 Å². The van der Waals surface area contributed by atoms with Crippen LogP contribution in [-0.2, 0) is 5.54 Å². The minimum atomic E-state index is 0.0105. The van der Waals surface area contributed by atoms with Crippen molar-refractivity contribution in [2.75, 3.05) is 7.05 Å². The maximum absolute atomic E-state index is 4.69. The van der Waals surface area contributed by atoms with Crippen LogP contribution in [0.1, 0.15) is 39.6 Å². The van der Waals surface area contributed by atoms with Crippen LogP contribution in [0.15, 0.2) is 18.5 Å². The van der Waals surface area contributed by atoms with Crippen molar-refractivity contribution >= 4 is 11.0 Å². The van der Waals surface area contributed by atoms with Gasteiger partial charge >= 0.3 is 0 Å². The Morgan fingerprint density at radius 2 is 2.06 bits per heavy atom. The highest BCUT2D eigenvalue weighted by Gasteiger charge is 2.23. The number of fused-ring (bicyclic) bond motifs is 1. The van der Waals surface area contributed by atoms with E-state index in [0.29, 0.717) is 0 Å². The summed E-state index contributed by atoms with van der Waals surface area (Å²) in [5, 5.41) is 3.25. The number of aromatic nitrogens is 3. The first-order valence-electron chi connectivity index (χ1n) is 5.95. The van der Waals surface area contributed by atoms with Gasteiger partial charge in [0.25, 0.3) is 0 Å². The van der Waals surface area contributed by atoms with Gasteiger partial charge in [-0.15, -0.1) is 0 Å². The Morgan fingerprint density at radius 1 is 1.35 bits per heavy atom. The second-order valence-corrected chi connectivity index (χ2v) is 5.35. The van der Waals surface area contributed by atoms with Crippen molar-refractivity contribution in [1.29, 1.82) is 0 Å². The molecule has 2 aromatic heterocycles. The summed E-state index contributed by atoms with van der Waals surface area (Å²) in [5.41, 5.74) is 2.11. The first-order chi connectivity index (χ1) is 7.95. The smallest absolute Gasteiger partial charge is 0.127 e. The van der Waals surface area contributed by atoms with Gasteiger partial charge in [-0.2, -0.15) is 0 Å². The predicted molar refractivity (Wildman–Crippen MR) is 70.0 cm³/mol. The van der Waals surface area contributed by atoms with Gasteiger partial charge < -0.3 is 9.88 Å². The van der Waals surface area contributed by atoms with E-state index in [1.54, 1.807) is 0 Å². The van der Waals surface area contributed by atoms with Crippen LogP contribution in [0.25, 0.3) is 11.0 Å². The zero-order valence-corrected chi connectivity index (χ0v) is 11.2. The average molecular weight is 232 g/mol. The molecule has 1 N–H and O–H groups in total. The van der Waals surface area contributed by atoms with Crippen molar-refractivity contribution in [3.05, 3.63) is 24.3 Å². The minimum absolute atomic E-state index is 0.0105. The van der Waals surface area contributed by atoms with Crippen molar-refractivity contribution in [3.8, 4) is 0 Å². The number of nitrogens with zero attached hydrogens (tertiary/aromatic N) is 3. The second-order valence-electron chi connectivity index (χ2n) is 5.35. The molecular weight excluding hydrogens is 212 g/mol. The number of pyridine rings is 1. The van der Waals surface area contributed by atoms with E-state index in [1.165, 1.54) is 0 Å². The number of hydrogen-bond acceptors (Lipinski definition) is 3. The fourth-order valence-electron chi connectivity index (χ4n) is 2.08. The Bertz CT molecular complexity index is 522. The summed E-state index contributed by atoms with van der Waals surface area (Å²) in [7, 11) is 1.95. The third-order valence-corrected chi connectivity index (χ3v) is 2.97. The molecule has 4 nitrogen and oxygen atoms in total. The van der Waals surface area contributed by atoms with Gasteiger partial charge in [0.05, 0.1) is 17.8 Å². The molecule has 2 heterocycles. The molecule has 0 amide bonds. The first kappa shape index (κ1) is 12.0. The van der Waals surface area contributed by atoms with E-state index in [2.05, 4.69) is 47.5 Å². The van der Waals surface area contributed by atoms with Crippen LogP contribution >= 0.6 is 0 Å². The number of nitrogens with one attached hydrogen (secondary N) is 1. The molecule has 0 aromatic carbocycles. The third kappa shape index (κ3) is 2.05. The molecule has 0 radical (unpaired) electrons. The SMILES string of the molecule is CNC(C)c1nc2cnccc2n1C(C)(C)C. The Balaban J connectivity index is 2.74. The van der Waals surface area contributed by atoms with E-state index >= 15 is 0 Å². The van der Waals surface area contributed by atoms with E-state index in [4.69, 9.17) is 0 Å². The fourth-order valence-corrected chi connectivity index (χ4v) is 2.08. The molecule has 1 atom stereocenters. The van der Waals surface area contributed by atoms with E-state index < -0.39 is 0 Å². The summed E-state index contributed by atoms with van der Waals surface area (Å²) in [5.74, 6) is 1.06. The van der Waals surface area contributed by atoms with Crippen LogP contribution in [0.3, 0.4) is 0 Å². The van der Waals surface area contributed by atoms with Crippen LogP contribution in [0.2, 0.25) is 0 Å². The van der Waals surface area contributed by atoms with Crippen molar-refractivity contribution in [3.63, 3.8) is 0 Å². The lowest BCUT2D eigenvalue weighted by molar-refractivity contribution is 0.379. The van der Waals surface area contributed by atoms with Crippen LogP contribution in [-0.4, -0.2) is 21.6 Å². The lowest BCUT2D eigenvalue weighted by Crippen LogP contribution is -2.27. The summed E-state index contributed by atoms with van der Waals surface area (Å²) in [6.45, 7) is 8.71. The lowest BCUT2D eigenvalue weighted by Gasteiger charge is -2.26. The summed E-state index contributed by atoms with van der Waals surface area (Å²) >= 11 is 0. The van der Waals surface area contributed by atoms with Crippen LogP contribution in [0.4, 0.5) is 0 Å². The largest absolute Gasteiger partial charge is 0.321 e. The zero-order valence-electron chi connectivity index (χ0n) is 11.2. The zero-order chi connectivity index (χ0) is 12.6. The Labute approximate surface area is 102 Å². The highest BCUT2D eigenvalue weighted by atomic mass is 15.2. The lowest BCUT2D eigenvalue weighted by atomic mass is 10.1. The molecule has 0 fully saturated rings. The quantitative estimate of drug-likeness (QED) is 0.865. The third-order valence-electron chi connectivity index (χ3n) is 2.97. The highest BCUT2D eigenvalue weighted by molar-refractivity contribution is 5.75. The Kier molecular flexibility index (Phi) is 2.91. The first-order valence-corrected chi connectivity index (χ1v) is 5.95. The normalized spacial score (nSPS) is 14.2. The van der Waals surface area contributed by atoms with Crippen LogP contribution < -0.4 is 5.32 Å². The van der Waals surface area contributed by atoms with Gasteiger partial charge in [0, 0.05) is 11.7 Å². The summed E-state index contributed by atoms with van der Waals surface area (Å²) in [4.78, 5) is 8.83. The van der Waals surface area contributed by atoms with E-state index in [9.17, 15) is 0 Å². The van der Waals surface area contributed by atoms with Gasteiger partial charge in [-0.1, -0.05) is 0 Å². The molecule has 4 heteroatoms. The minimum Gasteiger partial charge on any atom is -0.321 e. The molecule has 0 aliphatic carbocycles. The van der Waals surface area contributed by atoms with Crippen LogP contribution in [0, 0.1) is 0 Å². The van der Waals surface area contributed by atoms with Crippen molar-refractivity contribution in [2.24, 2.45) is 0 Å². The molecule has 92 valence electrons. The highest BCUT2D eigenvalue weighted by Crippen LogP contribution is 2.27. The molecule has 0 spiro atoms. The van der Waals surface area contributed by atoms with Gasteiger partial charge in [-0.05, 0) is 40.8 Å². The maximum atomic E-state index is 4.69. The van der Waals surface area contributed by atoms with E-state index in [0.717, 1.165) is 16.9 Å². The Morgan fingerprint density at radius 3 is 2.65 bits per heavy atom. The predicted octanol–water partition coefficient (Wildman–Crippen LogP) is 2.47. The molecule has 0 saturated heterocycles. The fraction of sp³-hybridized carbons (Fsp3) is 0.538. The average Bonchev–Trinajstić information content (AvgIpc) is 2.66. The topological polar surface area (TPSA) is 42.7 Å². The van der Waals surface area contributed by atoms with Gasteiger partial charge in [0.2, 0.25) is 0 Å². The van der Waals surface area contributed by atoms with Crippen LogP contribution in [0.5, 0.6) is 0 Å². The summed E-state index contributed by atoms with van der Waals surface area (Å²) < 4.78 is 2.28. The molecular formula is C13H20N4. The standard InChI is InChI=1S/C13H20N4/c1-9(14-5)12-16-10-8-15-7-6-11(10)17(12)13(2,3)4/h6-9,14H,1-5H3. The second kappa shape index (κ2) is 4.11. The maximum Gasteiger partial charge on any atom is 0.127 e. The van der Waals surface area contributed by atoms with Gasteiger partial charge in [-0.25, -0.2) is 4.98 Å².